The Labute approximate surface area is 204 Å². The van der Waals surface area contributed by atoms with Crippen LogP contribution in [0.15, 0.2) is 39.9 Å². The molecule has 31 heavy (non-hydrogen) atoms. The number of halogens is 2. The summed E-state index contributed by atoms with van der Waals surface area (Å²) in [7, 11) is 0. The lowest BCUT2D eigenvalue weighted by Crippen LogP contribution is -2.44. The first kappa shape index (κ1) is 22.9. The average molecular weight is 514 g/mol. The van der Waals surface area contributed by atoms with Gasteiger partial charge in [0.2, 0.25) is 5.91 Å². The van der Waals surface area contributed by atoms with E-state index in [1.54, 1.807) is 23.1 Å². The molecule has 4 rings (SSSR count). The number of rotatable bonds is 7. The number of thiazole rings is 1. The van der Waals surface area contributed by atoms with Gasteiger partial charge in [-0.15, -0.1) is 34.4 Å². The molecule has 0 bridgehead atoms. The van der Waals surface area contributed by atoms with E-state index in [4.69, 9.17) is 28.9 Å². The van der Waals surface area contributed by atoms with Gasteiger partial charge in [0.25, 0.3) is 0 Å². The third kappa shape index (κ3) is 6.37. The van der Waals surface area contributed by atoms with Crippen molar-refractivity contribution in [2.45, 2.75) is 29.6 Å². The van der Waals surface area contributed by atoms with Gasteiger partial charge < -0.3 is 11.1 Å². The molecular formula is C21H22Cl2N4OS3. The van der Waals surface area contributed by atoms with E-state index in [2.05, 4.69) is 15.2 Å². The molecule has 0 unspecified atom stereocenters. The predicted octanol–water partition coefficient (Wildman–Crippen LogP) is 5.63. The van der Waals surface area contributed by atoms with Crippen LogP contribution < -0.4 is 11.1 Å². The fourth-order valence-corrected chi connectivity index (χ4v) is 6.33. The summed E-state index contributed by atoms with van der Waals surface area (Å²) in [6.07, 6.45) is 1.90. The van der Waals surface area contributed by atoms with Gasteiger partial charge in [0.05, 0.1) is 30.6 Å². The van der Waals surface area contributed by atoms with Gasteiger partial charge in [-0.2, -0.15) is 0 Å². The molecule has 5 nitrogen and oxygen atoms in total. The maximum atomic E-state index is 12.4. The molecule has 0 saturated carbocycles. The summed E-state index contributed by atoms with van der Waals surface area (Å²) in [6, 6.07) is 10.1. The maximum absolute atomic E-state index is 12.4. The fraction of sp³-hybridized carbons (Fsp3) is 0.333. The van der Waals surface area contributed by atoms with Crippen molar-refractivity contribution in [3.05, 3.63) is 51.3 Å². The highest BCUT2D eigenvalue weighted by Gasteiger charge is 2.21. The van der Waals surface area contributed by atoms with E-state index in [1.807, 2.05) is 35.7 Å². The lowest BCUT2D eigenvalue weighted by Gasteiger charge is -2.32. The van der Waals surface area contributed by atoms with Gasteiger partial charge >= 0.3 is 0 Å². The predicted molar refractivity (Wildman–Crippen MR) is 133 cm³/mol. The summed E-state index contributed by atoms with van der Waals surface area (Å²) in [5.74, 6) is 0.503. The number of likely N-dealkylation sites (tertiary alicyclic amines) is 1. The van der Waals surface area contributed by atoms with Gasteiger partial charge in [0, 0.05) is 31.1 Å². The normalized spacial score (nSPS) is 15.3. The minimum absolute atomic E-state index is 0.0841. The van der Waals surface area contributed by atoms with Crippen LogP contribution in [-0.2, 0) is 11.3 Å². The highest BCUT2D eigenvalue weighted by Crippen LogP contribution is 2.34. The number of nitrogens with zero attached hydrogens (tertiary/aromatic N) is 2. The topological polar surface area (TPSA) is 71.2 Å². The number of nitrogen functional groups attached to an aromatic ring is 1. The Hall–Kier alpha value is -1.29. The van der Waals surface area contributed by atoms with Gasteiger partial charge in [0.1, 0.15) is 0 Å². The minimum Gasteiger partial charge on any atom is -0.375 e. The van der Waals surface area contributed by atoms with Crippen molar-refractivity contribution in [3.8, 4) is 10.6 Å². The number of anilines is 1. The maximum Gasteiger partial charge on any atom is 0.230 e. The second-order valence-electron chi connectivity index (χ2n) is 7.34. The van der Waals surface area contributed by atoms with Crippen LogP contribution in [0.5, 0.6) is 0 Å². The monoisotopic (exact) mass is 512 g/mol. The molecule has 3 aromatic rings. The van der Waals surface area contributed by atoms with Crippen LogP contribution in [0.1, 0.15) is 18.4 Å². The Morgan fingerprint density at radius 3 is 2.74 bits per heavy atom. The number of piperidine rings is 1. The lowest BCUT2D eigenvalue weighted by molar-refractivity contribution is -0.119. The van der Waals surface area contributed by atoms with Crippen molar-refractivity contribution < 1.29 is 4.79 Å². The molecular weight excluding hydrogens is 491 g/mol. The number of carbonyl (C=O) groups excluding carboxylic acids is 1. The zero-order chi connectivity index (χ0) is 21.8. The zero-order valence-corrected chi connectivity index (χ0v) is 20.6. The van der Waals surface area contributed by atoms with Crippen molar-refractivity contribution in [2.24, 2.45) is 0 Å². The molecule has 164 valence electrons. The number of hydrogen-bond acceptors (Lipinski definition) is 7. The van der Waals surface area contributed by atoms with Crippen LogP contribution in [0.4, 0.5) is 5.13 Å². The van der Waals surface area contributed by atoms with E-state index in [-0.39, 0.29) is 11.9 Å². The number of amides is 1. The van der Waals surface area contributed by atoms with E-state index in [0.717, 1.165) is 52.8 Å². The number of nitrogens with one attached hydrogen (secondary N) is 1. The molecule has 0 radical (unpaired) electrons. The van der Waals surface area contributed by atoms with Crippen LogP contribution >= 0.6 is 57.6 Å². The number of thiophene rings is 1. The van der Waals surface area contributed by atoms with Crippen molar-refractivity contribution >= 4 is 68.7 Å². The molecule has 1 aromatic carbocycles. The first-order chi connectivity index (χ1) is 15.0. The molecule has 1 saturated heterocycles. The smallest absolute Gasteiger partial charge is 0.230 e. The summed E-state index contributed by atoms with van der Waals surface area (Å²) < 4.78 is 1.10. The van der Waals surface area contributed by atoms with Gasteiger partial charge in [0.15, 0.2) is 5.13 Å². The van der Waals surface area contributed by atoms with E-state index in [9.17, 15) is 4.79 Å². The van der Waals surface area contributed by atoms with Crippen LogP contribution in [0.2, 0.25) is 10.0 Å². The van der Waals surface area contributed by atoms with E-state index >= 15 is 0 Å². The molecule has 0 atom stereocenters. The Bertz CT molecular complexity index is 1050. The molecule has 2 aromatic heterocycles. The third-order valence-corrected chi connectivity index (χ3v) is 8.79. The Balaban J connectivity index is 1.19. The van der Waals surface area contributed by atoms with Gasteiger partial charge in [-0.3, -0.25) is 9.69 Å². The first-order valence-electron chi connectivity index (χ1n) is 9.86. The van der Waals surface area contributed by atoms with Crippen LogP contribution in [0.25, 0.3) is 10.6 Å². The molecule has 1 fully saturated rings. The van der Waals surface area contributed by atoms with Gasteiger partial charge in [-0.05, 0) is 42.7 Å². The fourth-order valence-electron chi connectivity index (χ4n) is 3.47. The quantitative estimate of drug-likeness (QED) is 0.401. The summed E-state index contributed by atoms with van der Waals surface area (Å²) in [5, 5.41) is 6.88. The van der Waals surface area contributed by atoms with Crippen LogP contribution in [0, 0.1) is 0 Å². The number of nitrogens with two attached hydrogens (primary N) is 1. The van der Waals surface area contributed by atoms with Crippen LogP contribution in [-0.4, -0.2) is 40.7 Å². The van der Waals surface area contributed by atoms with Crippen LogP contribution in [0.3, 0.4) is 0 Å². The Kier molecular flexibility index (Phi) is 7.79. The van der Waals surface area contributed by atoms with Crippen molar-refractivity contribution in [2.75, 3.05) is 24.6 Å². The van der Waals surface area contributed by atoms with Gasteiger partial charge in [-0.25, -0.2) is 4.98 Å². The molecule has 1 aliphatic heterocycles. The molecule has 0 aliphatic carbocycles. The summed E-state index contributed by atoms with van der Waals surface area (Å²) in [5.41, 5.74) is 7.77. The standard InChI is InChI=1S/C21H22Cl2N4OS3/c22-15-2-1-13(9-16(15)23)10-27-7-5-14(6-8-27)25-19(28)12-29-20-4-3-18(31-20)17-11-30-21(24)26-17/h1-4,9,11,14H,5-8,10,12H2,(H2,24,26)(H,25,28). The Morgan fingerprint density at radius 2 is 2.03 bits per heavy atom. The first-order valence-corrected chi connectivity index (χ1v) is 13.3. The van der Waals surface area contributed by atoms with E-state index in [1.165, 1.54) is 11.3 Å². The number of hydrogen-bond donors (Lipinski definition) is 2. The number of benzene rings is 1. The highest BCUT2D eigenvalue weighted by atomic mass is 35.5. The van der Waals surface area contributed by atoms with Crippen molar-refractivity contribution in [1.29, 1.82) is 0 Å². The second kappa shape index (κ2) is 10.6. The second-order valence-corrected chi connectivity index (χ2v) is 11.4. The number of thioether (sulfide) groups is 1. The number of carbonyl (C=O) groups is 1. The van der Waals surface area contributed by atoms with Crippen molar-refractivity contribution in [1.82, 2.24) is 15.2 Å². The zero-order valence-electron chi connectivity index (χ0n) is 16.6. The van der Waals surface area contributed by atoms with Crippen molar-refractivity contribution in [3.63, 3.8) is 0 Å². The summed E-state index contributed by atoms with van der Waals surface area (Å²) in [4.78, 5) is 20.2. The number of aromatic nitrogens is 1. The third-order valence-electron chi connectivity index (χ3n) is 5.04. The molecule has 1 aliphatic rings. The Morgan fingerprint density at radius 1 is 1.23 bits per heavy atom. The molecule has 1 amide bonds. The molecule has 0 spiro atoms. The molecule has 3 N–H and O–H groups in total. The van der Waals surface area contributed by atoms with E-state index < -0.39 is 0 Å². The van der Waals surface area contributed by atoms with Gasteiger partial charge in [-0.1, -0.05) is 29.3 Å². The average Bonchev–Trinajstić information content (AvgIpc) is 3.40. The minimum atomic E-state index is 0.0841. The summed E-state index contributed by atoms with van der Waals surface area (Å²) >= 11 is 16.7. The summed E-state index contributed by atoms with van der Waals surface area (Å²) in [6.45, 7) is 2.74. The molecule has 10 heteroatoms. The largest absolute Gasteiger partial charge is 0.375 e. The van der Waals surface area contributed by atoms with E-state index in [0.29, 0.717) is 20.9 Å². The highest BCUT2D eigenvalue weighted by molar-refractivity contribution is 8.01. The molecule has 3 heterocycles. The lowest BCUT2D eigenvalue weighted by atomic mass is 10.0. The SMILES string of the molecule is Nc1nc(-c2ccc(SCC(=O)NC3CCN(Cc4ccc(Cl)c(Cl)c4)CC3)s2)cs1.